The summed E-state index contributed by atoms with van der Waals surface area (Å²) in [6, 6.07) is 7.74. The molecule has 1 atom stereocenters. The molecule has 1 unspecified atom stereocenters. The maximum atomic E-state index is 12.4. The number of rotatable bonds is 3. The molecule has 126 valence electrons. The summed E-state index contributed by atoms with van der Waals surface area (Å²) in [7, 11) is 0. The van der Waals surface area contributed by atoms with E-state index in [1.54, 1.807) is 16.7 Å². The number of thioether (sulfide) groups is 1. The Morgan fingerprint density at radius 1 is 1.35 bits per heavy atom. The smallest absolute Gasteiger partial charge is 0.410 e. The first-order valence-electron chi connectivity index (χ1n) is 7.71. The van der Waals surface area contributed by atoms with Gasteiger partial charge in [-0.25, -0.2) is 4.79 Å². The molecule has 0 aliphatic carbocycles. The largest absolute Gasteiger partial charge is 0.444 e. The summed E-state index contributed by atoms with van der Waals surface area (Å²) in [6.07, 6.45) is 2.31. The minimum Gasteiger partial charge on any atom is -0.444 e. The number of nitrogens with zero attached hydrogens (tertiary/aromatic N) is 1. The summed E-state index contributed by atoms with van der Waals surface area (Å²) < 4.78 is 5.35. The van der Waals surface area contributed by atoms with Gasteiger partial charge in [0.2, 0.25) is 5.91 Å². The quantitative estimate of drug-likeness (QED) is 0.857. The predicted molar refractivity (Wildman–Crippen MR) is 92.8 cm³/mol. The SMILES string of the molecule is CSc1cccc(NC(=O)C2CCN(C(=O)OC(C)(C)C)C2)c1. The van der Waals surface area contributed by atoms with Gasteiger partial charge in [-0.05, 0) is 51.6 Å². The zero-order chi connectivity index (χ0) is 17.0. The molecule has 0 radical (unpaired) electrons. The average molecular weight is 336 g/mol. The molecule has 1 N–H and O–H groups in total. The van der Waals surface area contributed by atoms with Crippen molar-refractivity contribution < 1.29 is 14.3 Å². The Labute approximate surface area is 141 Å². The van der Waals surface area contributed by atoms with Gasteiger partial charge < -0.3 is 15.0 Å². The number of hydrogen-bond donors (Lipinski definition) is 1. The van der Waals surface area contributed by atoms with Crippen molar-refractivity contribution >= 4 is 29.4 Å². The van der Waals surface area contributed by atoms with Crippen molar-refractivity contribution in [3.63, 3.8) is 0 Å². The lowest BCUT2D eigenvalue weighted by Crippen LogP contribution is -2.36. The van der Waals surface area contributed by atoms with Crippen molar-refractivity contribution in [2.45, 2.75) is 37.7 Å². The van der Waals surface area contributed by atoms with Crippen LogP contribution in [0.4, 0.5) is 10.5 Å². The number of nitrogens with one attached hydrogen (secondary N) is 1. The highest BCUT2D eigenvalue weighted by Crippen LogP contribution is 2.23. The average Bonchev–Trinajstić information content (AvgIpc) is 2.95. The molecule has 1 aliphatic rings. The minimum absolute atomic E-state index is 0.0469. The molecule has 2 amide bonds. The Morgan fingerprint density at radius 3 is 2.74 bits per heavy atom. The Balaban J connectivity index is 1.90. The maximum Gasteiger partial charge on any atom is 0.410 e. The van der Waals surface area contributed by atoms with E-state index in [-0.39, 0.29) is 17.9 Å². The first-order chi connectivity index (χ1) is 10.8. The van der Waals surface area contributed by atoms with Crippen LogP contribution in [-0.4, -0.2) is 41.8 Å². The van der Waals surface area contributed by atoms with Gasteiger partial charge in [-0.3, -0.25) is 4.79 Å². The topological polar surface area (TPSA) is 58.6 Å². The second kappa shape index (κ2) is 7.25. The number of benzene rings is 1. The first kappa shape index (κ1) is 17.7. The second-order valence-electron chi connectivity index (χ2n) is 6.63. The van der Waals surface area contributed by atoms with Gasteiger partial charge in [-0.2, -0.15) is 0 Å². The molecular formula is C17H24N2O3S. The second-order valence-corrected chi connectivity index (χ2v) is 7.51. The molecule has 1 aromatic rings. The van der Waals surface area contributed by atoms with E-state index in [4.69, 9.17) is 4.74 Å². The summed E-state index contributed by atoms with van der Waals surface area (Å²) in [5.74, 6) is -0.241. The third-order valence-corrected chi connectivity index (χ3v) is 4.27. The van der Waals surface area contributed by atoms with Gasteiger partial charge in [-0.1, -0.05) is 6.07 Å². The molecule has 0 saturated carbocycles. The fourth-order valence-electron chi connectivity index (χ4n) is 2.41. The number of anilines is 1. The third kappa shape index (κ3) is 5.16. The number of ether oxygens (including phenoxy) is 1. The first-order valence-corrected chi connectivity index (χ1v) is 8.94. The van der Waals surface area contributed by atoms with E-state index in [1.165, 1.54) is 0 Å². The Morgan fingerprint density at radius 2 is 2.09 bits per heavy atom. The zero-order valence-electron chi connectivity index (χ0n) is 14.1. The van der Waals surface area contributed by atoms with E-state index in [1.807, 2.05) is 51.3 Å². The molecule has 23 heavy (non-hydrogen) atoms. The predicted octanol–water partition coefficient (Wildman–Crippen LogP) is 3.60. The van der Waals surface area contributed by atoms with E-state index in [2.05, 4.69) is 5.32 Å². The van der Waals surface area contributed by atoms with Gasteiger partial charge in [0.15, 0.2) is 0 Å². The van der Waals surface area contributed by atoms with E-state index in [0.29, 0.717) is 19.5 Å². The lowest BCUT2D eigenvalue weighted by molar-refractivity contribution is -0.119. The molecule has 6 heteroatoms. The van der Waals surface area contributed by atoms with Crippen LogP contribution < -0.4 is 5.32 Å². The molecule has 1 saturated heterocycles. The van der Waals surface area contributed by atoms with Crippen molar-refractivity contribution in [3.05, 3.63) is 24.3 Å². The highest BCUT2D eigenvalue weighted by molar-refractivity contribution is 7.98. The van der Waals surface area contributed by atoms with Crippen LogP contribution in [0.3, 0.4) is 0 Å². The van der Waals surface area contributed by atoms with E-state index >= 15 is 0 Å². The molecule has 1 aromatic carbocycles. The monoisotopic (exact) mass is 336 g/mol. The van der Waals surface area contributed by atoms with Crippen LogP contribution in [0.5, 0.6) is 0 Å². The fourth-order valence-corrected chi connectivity index (χ4v) is 2.87. The van der Waals surface area contributed by atoms with Crippen LogP contribution in [-0.2, 0) is 9.53 Å². The zero-order valence-corrected chi connectivity index (χ0v) is 14.9. The number of carbonyl (C=O) groups excluding carboxylic acids is 2. The summed E-state index contributed by atoms with van der Waals surface area (Å²) in [4.78, 5) is 27.1. The molecule has 0 bridgehead atoms. The van der Waals surface area contributed by atoms with E-state index < -0.39 is 5.60 Å². The summed E-state index contributed by atoms with van der Waals surface area (Å²) in [5, 5.41) is 2.94. The van der Waals surface area contributed by atoms with Crippen LogP contribution in [0.25, 0.3) is 0 Å². The Kier molecular flexibility index (Phi) is 5.57. The van der Waals surface area contributed by atoms with Crippen LogP contribution in [0, 0.1) is 5.92 Å². The van der Waals surface area contributed by atoms with Gasteiger partial charge in [0.1, 0.15) is 5.60 Å². The molecule has 1 fully saturated rings. The molecule has 1 heterocycles. The van der Waals surface area contributed by atoms with Crippen molar-refractivity contribution in [1.29, 1.82) is 0 Å². The van der Waals surface area contributed by atoms with E-state index in [9.17, 15) is 9.59 Å². The number of carbonyl (C=O) groups is 2. The van der Waals surface area contributed by atoms with Crippen molar-refractivity contribution in [2.75, 3.05) is 24.7 Å². The molecule has 2 rings (SSSR count). The molecule has 5 nitrogen and oxygen atoms in total. The Bertz CT molecular complexity index is 583. The molecular weight excluding hydrogens is 312 g/mol. The lowest BCUT2D eigenvalue weighted by atomic mass is 10.1. The number of hydrogen-bond acceptors (Lipinski definition) is 4. The van der Waals surface area contributed by atoms with Crippen molar-refractivity contribution in [3.8, 4) is 0 Å². The van der Waals surface area contributed by atoms with Gasteiger partial charge >= 0.3 is 6.09 Å². The number of amides is 2. The summed E-state index contributed by atoms with van der Waals surface area (Å²) in [5.41, 5.74) is 0.271. The Hall–Kier alpha value is -1.69. The van der Waals surface area contributed by atoms with Crippen molar-refractivity contribution in [1.82, 2.24) is 4.90 Å². The number of likely N-dealkylation sites (tertiary alicyclic amines) is 1. The van der Waals surface area contributed by atoms with Gasteiger partial charge in [0.05, 0.1) is 5.92 Å². The summed E-state index contributed by atoms with van der Waals surface area (Å²) in [6.45, 7) is 6.47. The molecule has 0 aromatic heterocycles. The molecule has 1 aliphatic heterocycles. The standard InChI is InChI=1S/C17H24N2O3S/c1-17(2,3)22-16(21)19-9-8-12(11-19)15(20)18-13-6-5-7-14(10-13)23-4/h5-7,10,12H,8-9,11H2,1-4H3,(H,18,20). The summed E-state index contributed by atoms with van der Waals surface area (Å²) >= 11 is 1.63. The van der Waals surface area contributed by atoms with Gasteiger partial charge in [0.25, 0.3) is 0 Å². The van der Waals surface area contributed by atoms with Crippen molar-refractivity contribution in [2.24, 2.45) is 5.92 Å². The van der Waals surface area contributed by atoms with Crippen LogP contribution >= 0.6 is 11.8 Å². The van der Waals surface area contributed by atoms with E-state index in [0.717, 1.165) is 10.6 Å². The molecule has 0 spiro atoms. The minimum atomic E-state index is -0.518. The third-order valence-electron chi connectivity index (χ3n) is 3.55. The van der Waals surface area contributed by atoms with Gasteiger partial charge in [0, 0.05) is 23.7 Å². The fraction of sp³-hybridized carbons (Fsp3) is 0.529. The van der Waals surface area contributed by atoms with Gasteiger partial charge in [-0.15, -0.1) is 11.8 Å². The van der Waals surface area contributed by atoms with Crippen LogP contribution in [0.15, 0.2) is 29.2 Å². The van der Waals surface area contributed by atoms with Crippen LogP contribution in [0.2, 0.25) is 0 Å². The normalized spacial score (nSPS) is 17.9. The van der Waals surface area contributed by atoms with Crippen LogP contribution in [0.1, 0.15) is 27.2 Å². The maximum absolute atomic E-state index is 12.4. The highest BCUT2D eigenvalue weighted by Gasteiger charge is 2.33. The highest BCUT2D eigenvalue weighted by atomic mass is 32.2. The lowest BCUT2D eigenvalue weighted by Gasteiger charge is -2.24.